The molecule has 0 aromatic heterocycles. The van der Waals surface area contributed by atoms with E-state index in [4.69, 9.17) is 0 Å². The van der Waals surface area contributed by atoms with E-state index in [-0.39, 0.29) is 21.1 Å². The molecule has 90 valence electrons. The first-order valence-electron chi connectivity index (χ1n) is 5.75. The maximum atomic E-state index is 2.33. The van der Waals surface area contributed by atoms with Gasteiger partial charge in [-0.1, -0.05) is 51.1 Å². The third-order valence-electron chi connectivity index (χ3n) is 2.86. The van der Waals surface area contributed by atoms with Gasteiger partial charge in [-0.15, -0.1) is 0 Å². The van der Waals surface area contributed by atoms with E-state index >= 15 is 0 Å². The normalized spacial score (nSPS) is 13.4. The standard InChI is InChI=1S/C15H23.W/c1-12(2)11-14(15(3,4)5)13-9-7-6-8-10-13;/h6-10,14H,11H2,1-5H3;/q-1;. The van der Waals surface area contributed by atoms with Gasteiger partial charge in [0.15, 0.2) is 0 Å². The molecule has 0 N–H and O–H groups in total. The maximum Gasteiger partial charge on any atom is 0 e. The smallest absolute Gasteiger partial charge is 0 e. The van der Waals surface area contributed by atoms with Crippen LogP contribution in [0.2, 0.25) is 0 Å². The van der Waals surface area contributed by atoms with Crippen molar-refractivity contribution in [1.82, 2.24) is 0 Å². The van der Waals surface area contributed by atoms with E-state index in [1.165, 1.54) is 17.9 Å². The van der Waals surface area contributed by atoms with Crippen LogP contribution in [0.15, 0.2) is 30.3 Å². The molecule has 16 heavy (non-hydrogen) atoms. The number of hydrogen-bond acceptors (Lipinski definition) is 0. The average Bonchev–Trinajstić information content (AvgIpc) is 2.14. The van der Waals surface area contributed by atoms with Crippen LogP contribution in [0, 0.1) is 11.3 Å². The molecule has 1 aromatic rings. The zero-order valence-corrected chi connectivity index (χ0v) is 14.0. The van der Waals surface area contributed by atoms with Crippen LogP contribution in [0.25, 0.3) is 0 Å². The van der Waals surface area contributed by atoms with E-state index in [0.717, 1.165) is 0 Å². The van der Waals surface area contributed by atoms with Crippen LogP contribution in [0.5, 0.6) is 0 Å². The Bertz CT molecular complexity index is 282. The van der Waals surface area contributed by atoms with Gasteiger partial charge in [-0.05, 0) is 16.9 Å². The van der Waals surface area contributed by atoms with Gasteiger partial charge in [0.05, 0.1) is 0 Å². The molecule has 0 saturated heterocycles. The monoisotopic (exact) mass is 387 g/mol. The Morgan fingerprint density at radius 3 is 1.94 bits per heavy atom. The Morgan fingerprint density at radius 2 is 1.56 bits per heavy atom. The molecule has 0 heterocycles. The summed E-state index contributed by atoms with van der Waals surface area (Å²) in [5.41, 5.74) is 1.80. The fraction of sp³-hybridized carbons (Fsp3) is 0.533. The second kappa shape index (κ2) is 6.60. The zero-order valence-electron chi connectivity index (χ0n) is 11.1. The summed E-state index contributed by atoms with van der Waals surface area (Å²) >= 11 is 0. The molecule has 1 rings (SSSR count). The van der Waals surface area contributed by atoms with Gasteiger partial charge in [0, 0.05) is 21.1 Å². The van der Waals surface area contributed by atoms with Crippen molar-refractivity contribution in [2.75, 3.05) is 0 Å². The quantitative estimate of drug-likeness (QED) is 0.653. The molecule has 1 heteroatoms. The predicted molar refractivity (Wildman–Crippen MR) is 67.8 cm³/mol. The molecule has 0 nitrogen and oxygen atoms in total. The van der Waals surface area contributed by atoms with Gasteiger partial charge in [-0.3, -0.25) is 0 Å². The molecule has 0 radical (unpaired) electrons. The molecule has 0 bridgehead atoms. The van der Waals surface area contributed by atoms with Crippen molar-refractivity contribution in [3.8, 4) is 0 Å². The van der Waals surface area contributed by atoms with Crippen molar-refractivity contribution in [3.63, 3.8) is 0 Å². The van der Waals surface area contributed by atoms with Crippen molar-refractivity contribution >= 4 is 0 Å². The summed E-state index contributed by atoms with van der Waals surface area (Å²) in [4.78, 5) is 0. The van der Waals surface area contributed by atoms with Crippen LogP contribution >= 0.6 is 0 Å². The Labute approximate surface area is 115 Å². The SMILES string of the molecule is C[C-](C)CC(c1ccccc1)C(C)(C)C.[W]. The van der Waals surface area contributed by atoms with Gasteiger partial charge >= 0.3 is 0 Å². The molecule has 1 unspecified atom stereocenters. The molecule has 0 aliphatic rings. The van der Waals surface area contributed by atoms with Gasteiger partial charge in [-0.25, -0.2) is 0 Å². The maximum absolute atomic E-state index is 2.33. The summed E-state index contributed by atoms with van der Waals surface area (Å²) in [7, 11) is 0. The molecule has 0 aliphatic heterocycles. The largest absolute Gasteiger partial charge is 0.319 e. The first kappa shape index (κ1) is 15.9. The van der Waals surface area contributed by atoms with Crippen LogP contribution in [-0.4, -0.2) is 0 Å². The second-order valence-corrected chi connectivity index (χ2v) is 5.74. The number of hydrogen-bond donors (Lipinski definition) is 0. The summed E-state index contributed by atoms with van der Waals surface area (Å²) in [6, 6.07) is 10.9. The Balaban J connectivity index is 0.00000225. The summed E-state index contributed by atoms with van der Waals surface area (Å²) in [5.74, 6) is 2.14. The number of benzene rings is 1. The third kappa shape index (κ3) is 4.83. The van der Waals surface area contributed by atoms with E-state index in [0.29, 0.717) is 11.3 Å². The van der Waals surface area contributed by atoms with E-state index in [2.05, 4.69) is 65.0 Å². The molecule has 0 saturated carbocycles. The van der Waals surface area contributed by atoms with Crippen molar-refractivity contribution in [2.24, 2.45) is 5.41 Å². The fourth-order valence-corrected chi connectivity index (χ4v) is 2.02. The Morgan fingerprint density at radius 1 is 1.06 bits per heavy atom. The summed E-state index contributed by atoms with van der Waals surface area (Å²) in [6.45, 7) is 11.4. The van der Waals surface area contributed by atoms with E-state index in [1.807, 2.05) is 0 Å². The van der Waals surface area contributed by atoms with Gasteiger partial charge in [-0.2, -0.15) is 20.3 Å². The Kier molecular flexibility index (Phi) is 6.56. The van der Waals surface area contributed by atoms with Crippen LogP contribution in [-0.2, 0) is 21.1 Å². The molecule has 0 spiro atoms. The molecule has 0 amide bonds. The summed E-state index contributed by atoms with van der Waals surface area (Å²) < 4.78 is 0. The molecule has 1 aromatic carbocycles. The first-order chi connectivity index (χ1) is 6.91. The van der Waals surface area contributed by atoms with Crippen molar-refractivity contribution in [3.05, 3.63) is 41.8 Å². The third-order valence-corrected chi connectivity index (χ3v) is 2.86. The fourth-order valence-electron chi connectivity index (χ4n) is 2.02. The minimum atomic E-state index is 0. The van der Waals surface area contributed by atoms with E-state index in [1.54, 1.807) is 0 Å². The van der Waals surface area contributed by atoms with E-state index < -0.39 is 0 Å². The predicted octanol–water partition coefficient (Wildman–Crippen LogP) is 4.82. The van der Waals surface area contributed by atoms with Gasteiger partial charge in [0.2, 0.25) is 0 Å². The molecular formula is C15H23W-. The van der Waals surface area contributed by atoms with Crippen LogP contribution in [0.1, 0.15) is 52.5 Å². The molecule has 0 aliphatic carbocycles. The van der Waals surface area contributed by atoms with Crippen LogP contribution in [0.3, 0.4) is 0 Å². The van der Waals surface area contributed by atoms with Gasteiger partial charge in [0.1, 0.15) is 0 Å². The van der Waals surface area contributed by atoms with Crippen molar-refractivity contribution < 1.29 is 21.1 Å². The Hall–Kier alpha value is -0.0917. The van der Waals surface area contributed by atoms with Crippen molar-refractivity contribution in [2.45, 2.75) is 47.0 Å². The number of rotatable bonds is 3. The second-order valence-electron chi connectivity index (χ2n) is 5.74. The van der Waals surface area contributed by atoms with Crippen LogP contribution in [0.4, 0.5) is 0 Å². The molecule has 1 atom stereocenters. The molecule has 0 fully saturated rings. The van der Waals surface area contributed by atoms with Gasteiger partial charge in [0.25, 0.3) is 0 Å². The average molecular weight is 387 g/mol. The minimum Gasteiger partial charge on any atom is -0.319 e. The summed E-state index contributed by atoms with van der Waals surface area (Å²) in [5, 5.41) is 0. The zero-order chi connectivity index (χ0) is 11.5. The minimum absolute atomic E-state index is 0. The first-order valence-corrected chi connectivity index (χ1v) is 5.75. The van der Waals surface area contributed by atoms with Crippen molar-refractivity contribution in [1.29, 1.82) is 0 Å². The molecular weight excluding hydrogens is 364 g/mol. The van der Waals surface area contributed by atoms with E-state index in [9.17, 15) is 0 Å². The van der Waals surface area contributed by atoms with Crippen LogP contribution < -0.4 is 0 Å². The summed E-state index contributed by atoms with van der Waals surface area (Å²) in [6.07, 6.45) is 1.19. The topological polar surface area (TPSA) is 0 Å². The van der Waals surface area contributed by atoms with Gasteiger partial charge < -0.3 is 5.92 Å².